The molecular weight excluding hydrogens is 312 g/mol. The number of benzene rings is 1. The molecule has 132 valence electrons. The monoisotopic (exact) mass is 336 g/mol. The number of esters is 1. The van der Waals surface area contributed by atoms with Gasteiger partial charge in [0.2, 0.25) is 5.91 Å². The number of ether oxygens (including phenoxy) is 2. The highest BCUT2D eigenvalue weighted by Gasteiger charge is 2.07. The van der Waals surface area contributed by atoms with Gasteiger partial charge in [-0.25, -0.2) is 0 Å². The average Bonchev–Trinajstić information content (AvgIpc) is 2.52. The van der Waals surface area contributed by atoms with Crippen molar-refractivity contribution in [3.05, 3.63) is 23.8 Å². The first-order chi connectivity index (χ1) is 11.4. The summed E-state index contributed by atoms with van der Waals surface area (Å²) >= 11 is 0. The molecule has 1 rings (SSSR count). The van der Waals surface area contributed by atoms with Crippen LogP contribution in [-0.4, -0.2) is 44.5 Å². The number of nitrogens with one attached hydrogen (secondary N) is 2. The molecule has 0 heterocycles. The number of methoxy groups -OCH3 is 1. The van der Waals surface area contributed by atoms with Crippen molar-refractivity contribution in [2.24, 2.45) is 0 Å². The van der Waals surface area contributed by atoms with Crippen LogP contribution in [-0.2, 0) is 25.5 Å². The number of Topliss-reactive ketones (excluding diaryl/α,β-unsaturated/α-hetero) is 1. The summed E-state index contributed by atoms with van der Waals surface area (Å²) in [6, 6.07) is 5.45. The number of carbonyl (C=O) groups excluding carboxylic acids is 3. The van der Waals surface area contributed by atoms with Gasteiger partial charge in [0.15, 0.2) is 5.78 Å². The lowest BCUT2D eigenvalue weighted by Gasteiger charge is -2.11. The smallest absolute Gasteiger partial charge is 0.307 e. The van der Waals surface area contributed by atoms with E-state index in [9.17, 15) is 14.4 Å². The Kier molecular flexibility index (Phi) is 8.49. The minimum absolute atomic E-state index is 0.131. The average molecular weight is 336 g/mol. The number of anilines is 1. The molecule has 0 saturated carbocycles. The van der Waals surface area contributed by atoms with E-state index < -0.39 is 5.97 Å². The van der Waals surface area contributed by atoms with Gasteiger partial charge in [-0.3, -0.25) is 14.4 Å². The Bertz CT molecular complexity index is 586. The van der Waals surface area contributed by atoms with Crippen molar-refractivity contribution in [3.8, 4) is 5.75 Å². The molecule has 0 saturated heterocycles. The van der Waals surface area contributed by atoms with E-state index >= 15 is 0 Å². The van der Waals surface area contributed by atoms with E-state index in [4.69, 9.17) is 9.47 Å². The van der Waals surface area contributed by atoms with E-state index in [1.807, 2.05) is 6.07 Å². The third kappa shape index (κ3) is 7.73. The highest BCUT2D eigenvalue weighted by molar-refractivity contribution is 5.88. The Morgan fingerprint density at radius 3 is 2.50 bits per heavy atom. The van der Waals surface area contributed by atoms with E-state index in [1.54, 1.807) is 19.2 Å². The number of amides is 1. The van der Waals surface area contributed by atoms with Crippen molar-refractivity contribution in [2.45, 2.75) is 26.7 Å². The molecule has 0 aliphatic rings. The molecule has 0 unspecified atom stereocenters. The van der Waals surface area contributed by atoms with Gasteiger partial charge >= 0.3 is 5.97 Å². The second-order valence-electron chi connectivity index (χ2n) is 5.32. The summed E-state index contributed by atoms with van der Waals surface area (Å²) in [5, 5.41) is 5.87. The maximum Gasteiger partial charge on any atom is 0.307 e. The summed E-state index contributed by atoms with van der Waals surface area (Å²) in [6.07, 6.45) is 0.884. The molecule has 0 spiro atoms. The van der Waals surface area contributed by atoms with Gasteiger partial charge in [0.25, 0.3) is 0 Å². The molecule has 7 nitrogen and oxygen atoms in total. The lowest BCUT2D eigenvalue weighted by Crippen LogP contribution is -2.22. The SMILES string of the molecule is COc1ccc(NC(C)=O)cc1CCNCCC(=O)OCC(C)=O. The molecule has 1 amide bonds. The second-order valence-corrected chi connectivity index (χ2v) is 5.32. The summed E-state index contributed by atoms with van der Waals surface area (Å²) in [5.41, 5.74) is 1.67. The zero-order chi connectivity index (χ0) is 17.9. The van der Waals surface area contributed by atoms with Crippen LogP contribution in [0, 0.1) is 0 Å². The molecule has 0 aromatic heterocycles. The van der Waals surface area contributed by atoms with Crippen LogP contribution in [0.25, 0.3) is 0 Å². The van der Waals surface area contributed by atoms with Gasteiger partial charge in [0, 0.05) is 19.2 Å². The van der Waals surface area contributed by atoms with Gasteiger partial charge in [-0.2, -0.15) is 0 Å². The molecule has 0 bridgehead atoms. The van der Waals surface area contributed by atoms with Crippen LogP contribution in [0.2, 0.25) is 0 Å². The van der Waals surface area contributed by atoms with Crippen LogP contribution in [0.4, 0.5) is 5.69 Å². The zero-order valence-electron chi connectivity index (χ0n) is 14.3. The predicted octanol–water partition coefficient (Wildman–Crippen LogP) is 1.31. The third-order valence-electron chi connectivity index (χ3n) is 3.11. The van der Waals surface area contributed by atoms with Gasteiger partial charge in [0.1, 0.15) is 12.4 Å². The largest absolute Gasteiger partial charge is 0.496 e. The van der Waals surface area contributed by atoms with E-state index in [0.29, 0.717) is 25.2 Å². The number of ketones is 1. The zero-order valence-corrected chi connectivity index (χ0v) is 14.3. The Balaban J connectivity index is 2.39. The fourth-order valence-electron chi connectivity index (χ4n) is 2.05. The maximum absolute atomic E-state index is 11.4. The van der Waals surface area contributed by atoms with Crippen LogP contribution < -0.4 is 15.4 Å². The molecule has 0 atom stereocenters. The first-order valence-corrected chi connectivity index (χ1v) is 7.72. The number of hydrogen-bond acceptors (Lipinski definition) is 6. The standard InChI is InChI=1S/C17H24N2O5/c1-12(20)11-24-17(22)7-9-18-8-6-14-10-15(19-13(2)21)4-5-16(14)23-3/h4-5,10,18H,6-9,11H2,1-3H3,(H,19,21). The molecule has 1 aromatic carbocycles. The predicted molar refractivity (Wildman–Crippen MR) is 90.1 cm³/mol. The highest BCUT2D eigenvalue weighted by atomic mass is 16.5. The number of rotatable bonds is 10. The van der Waals surface area contributed by atoms with E-state index in [2.05, 4.69) is 10.6 Å². The Morgan fingerprint density at radius 1 is 1.12 bits per heavy atom. The molecule has 1 aromatic rings. The van der Waals surface area contributed by atoms with Crippen LogP contribution in [0.3, 0.4) is 0 Å². The second kappa shape index (κ2) is 10.4. The summed E-state index contributed by atoms with van der Waals surface area (Å²) in [4.78, 5) is 33.2. The minimum Gasteiger partial charge on any atom is -0.496 e. The van der Waals surface area contributed by atoms with Crippen LogP contribution in [0.15, 0.2) is 18.2 Å². The normalized spacial score (nSPS) is 10.1. The van der Waals surface area contributed by atoms with E-state index in [1.165, 1.54) is 13.8 Å². The maximum atomic E-state index is 11.4. The summed E-state index contributed by atoms with van der Waals surface area (Å²) < 4.78 is 10.1. The Hall–Kier alpha value is -2.41. The van der Waals surface area contributed by atoms with Crippen molar-refractivity contribution < 1.29 is 23.9 Å². The van der Waals surface area contributed by atoms with E-state index in [-0.39, 0.29) is 24.7 Å². The quantitative estimate of drug-likeness (QED) is 0.494. The number of carbonyl (C=O) groups is 3. The topological polar surface area (TPSA) is 93.7 Å². The Morgan fingerprint density at radius 2 is 1.88 bits per heavy atom. The molecular formula is C17H24N2O5. The van der Waals surface area contributed by atoms with Crippen molar-refractivity contribution in [1.82, 2.24) is 5.32 Å². The fraction of sp³-hybridized carbons (Fsp3) is 0.471. The van der Waals surface area contributed by atoms with Gasteiger partial charge in [-0.1, -0.05) is 0 Å². The third-order valence-corrected chi connectivity index (χ3v) is 3.11. The molecule has 0 radical (unpaired) electrons. The van der Waals surface area contributed by atoms with Crippen LogP contribution >= 0.6 is 0 Å². The highest BCUT2D eigenvalue weighted by Crippen LogP contribution is 2.23. The van der Waals surface area contributed by atoms with Gasteiger partial charge < -0.3 is 20.1 Å². The minimum atomic E-state index is -0.400. The number of hydrogen-bond donors (Lipinski definition) is 2. The van der Waals surface area contributed by atoms with Crippen LogP contribution in [0.1, 0.15) is 25.8 Å². The summed E-state index contributed by atoms with van der Waals surface area (Å²) in [5.74, 6) is 0.0328. The van der Waals surface area contributed by atoms with Crippen LogP contribution in [0.5, 0.6) is 5.75 Å². The molecule has 7 heteroatoms. The van der Waals surface area contributed by atoms with Gasteiger partial charge in [-0.15, -0.1) is 0 Å². The van der Waals surface area contributed by atoms with Crippen molar-refractivity contribution in [3.63, 3.8) is 0 Å². The molecule has 24 heavy (non-hydrogen) atoms. The first-order valence-electron chi connectivity index (χ1n) is 7.72. The Labute approximate surface area is 141 Å². The fourth-order valence-corrected chi connectivity index (χ4v) is 2.05. The molecule has 2 N–H and O–H groups in total. The van der Waals surface area contributed by atoms with Crippen molar-refractivity contribution in [1.29, 1.82) is 0 Å². The lowest BCUT2D eigenvalue weighted by atomic mass is 10.1. The van der Waals surface area contributed by atoms with Crippen molar-refractivity contribution in [2.75, 3.05) is 32.1 Å². The lowest BCUT2D eigenvalue weighted by molar-refractivity contribution is -0.147. The summed E-state index contributed by atoms with van der Waals surface area (Å²) in [7, 11) is 1.59. The molecule has 0 fully saturated rings. The molecule has 0 aliphatic heterocycles. The van der Waals surface area contributed by atoms with Gasteiger partial charge in [0.05, 0.1) is 13.5 Å². The van der Waals surface area contributed by atoms with E-state index in [0.717, 1.165) is 11.3 Å². The summed E-state index contributed by atoms with van der Waals surface area (Å²) in [6.45, 7) is 3.75. The van der Waals surface area contributed by atoms with Gasteiger partial charge in [-0.05, 0) is 43.7 Å². The first kappa shape index (κ1) is 19.6. The van der Waals surface area contributed by atoms with Crippen molar-refractivity contribution >= 4 is 23.3 Å². The molecule has 0 aliphatic carbocycles.